The second-order valence-electron chi connectivity index (χ2n) is 4.69. The maximum atomic E-state index is 5.73. The highest BCUT2D eigenvalue weighted by Crippen LogP contribution is 2.33. The van der Waals surface area contributed by atoms with Crippen LogP contribution in [0.4, 0.5) is 0 Å². The molecule has 0 bridgehead atoms. The molecule has 0 amide bonds. The minimum Gasteiger partial charge on any atom is -0.339 e. The van der Waals surface area contributed by atoms with E-state index in [4.69, 9.17) is 10.3 Å². The molecule has 0 spiro atoms. The number of aromatic nitrogens is 2. The van der Waals surface area contributed by atoms with Crippen molar-refractivity contribution >= 4 is 0 Å². The summed E-state index contributed by atoms with van der Waals surface area (Å²) in [6.45, 7) is 2.75. The highest BCUT2D eigenvalue weighted by atomic mass is 16.5. The van der Waals surface area contributed by atoms with Crippen molar-refractivity contribution in [2.45, 2.75) is 57.3 Å². The van der Waals surface area contributed by atoms with Gasteiger partial charge in [-0.2, -0.15) is 4.98 Å². The third-order valence-corrected chi connectivity index (χ3v) is 3.45. The van der Waals surface area contributed by atoms with Crippen molar-refractivity contribution in [1.82, 2.24) is 10.1 Å². The molecule has 2 rings (SSSR count). The quantitative estimate of drug-likeness (QED) is 0.833. The normalized spacial score (nSPS) is 19.1. The highest BCUT2D eigenvalue weighted by molar-refractivity contribution is 5.01. The Kier molecular flexibility index (Phi) is 3.93. The van der Waals surface area contributed by atoms with E-state index >= 15 is 0 Å². The molecule has 1 heterocycles. The summed E-state index contributed by atoms with van der Waals surface area (Å²) in [6.07, 6.45) is 7.14. The van der Waals surface area contributed by atoms with Gasteiger partial charge in [0.25, 0.3) is 0 Å². The largest absolute Gasteiger partial charge is 0.339 e. The van der Waals surface area contributed by atoms with Crippen LogP contribution in [0.25, 0.3) is 0 Å². The average Bonchev–Trinajstić information content (AvgIpc) is 2.95. The summed E-state index contributed by atoms with van der Waals surface area (Å²) in [5.41, 5.74) is 5.73. The topological polar surface area (TPSA) is 64.9 Å². The van der Waals surface area contributed by atoms with Gasteiger partial charge in [-0.3, -0.25) is 0 Å². The Morgan fingerprint density at radius 3 is 2.81 bits per heavy atom. The van der Waals surface area contributed by atoms with E-state index in [0.29, 0.717) is 12.5 Å². The molecular formula is C12H21N3O. The van der Waals surface area contributed by atoms with Crippen molar-refractivity contribution < 1.29 is 4.52 Å². The van der Waals surface area contributed by atoms with Gasteiger partial charge in [0, 0.05) is 12.5 Å². The lowest BCUT2D eigenvalue weighted by atomic mass is 10.0. The second kappa shape index (κ2) is 5.43. The zero-order valence-electron chi connectivity index (χ0n) is 9.98. The summed E-state index contributed by atoms with van der Waals surface area (Å²) >= 11 is 0. The predicted octanol–water partition coefficient (Wildman–Crippen LogP) is 2.57. The van der Waals surface area contributed by atoms with Crippen LogP contribution in [0.2, 0.25) is 0 Å². The Morgan fingerprint density at radius 2 is 2.19 bits per heavy atom. The average molecular weight is 223 g/mol. The lowest BCUT2D eigenvalue weighted by molar-refractivity contribution is 0.341. The van der Waals surface area contributed by atoms with Crippen LogP contribution in [0, 0.1) is 0 Å². The van der Waals surface area contributed by atoms with E-state index in [1.807, 2.05) is 0 Å². The predicted molar refractivity (Wildman–Crippen MR) is 62.2 cm³/mol. The fourth-order valence-electron chi connectivity index (χ4n) is 2.45. The first-order chi connectivity index (χ1) is 7.85. The van der Waals surface area contributed by atoms with Gasteiger partial charge in [0.2, 0.25) is 5.89 Å². The Labute approximate surface area is 96.6 Å². The number of hydrogen-bond acceptors (Lipinski definition) is 4. The fourth-order valence-corrected chi connectivity index (χ4v) is 2.45. The minimum atomic E-state index is 0.243. The van der Waals surface area contributed by atoms with Gasteiger partial charge >= 0.3 is 0 Å². The summed E-state index contributed by atoms with van der Waals surface area (Å²) in [7, 11) is 0. The molecule has 1 aromatic heterocycles. The molecule has 1 unspecified atom stereocenters. The van der Waals surface area contributed by atoms with Crippen molar-refractivity contribution in [3.05, 3.63) is 11.7 Å². The zero-order valence-corrected chi connectivity index (χ0v) is 9.98. The Morgan fingerprint density at radius 1 is 1.44 bits per heavy atom. The van der Waals surface area contributed by atoms with Gasteiger partial charge < -0.3 is 10.3 Å². The van der Waals surface area contributed by atoms with E-state index in [1.54, 1.807) is 0 Å². The van der Waals surface area contributed by atoms with Crippen LogP contribution >= 0.6 is 0 Å². The highest BCUT2D eigenvalue weighted by Gasteiger charge is 2.24. The SMILES string of the molecule is CCCC(CN)c1nc(C2CCCC2)no1. The van der Waals surface area contributed by atoms with E-state index in [-0.39, 0.29) is 5.92 Å². The molecule has 4 nitrogen and oxygen atoms in total. The molecule has 1 atom stereocenters. The third-order valence-electron chi connectivity index (χ3n) is 3.45. The van der Waals surface area contributed by atoms with E-state index in [2.05, 4.69) is 17.1 Å². The first-order valence-corrected chi connectivity index (χ1v) is 6.38. The van der Waals surface area contributed by atoms with Crippen molar-refractivity contribution in [2.75, 3.05) is 6.54 Å². The molecular weight excluding hydrogens is 202 g/mol. The van der Waals surface area contributed by atoms with E-state index in [9.17, 15) is 0 Å². The number of nitrogens with two attached hydrogens (primary N) is 1. The Hall–Kier alpha value is -0.900. The number of rotatable bonds is 5. The number of hydrogen-bond donors (Lipinski definition) is 1. The monoisotopic (exact) mass is 223 g/mol. The van der Waals surface area contributed by atoms with Gasteiger partial charge in [0.05, 0.1) is 5.92 Å². The van der Waals surface area contributed by atoms with Crippen LogP contribution in [-0.2, 0) is 0 Å². The van der Waals surface area contributed by atoms with Crippen molar-refractivity contribution in [3.63, 3.8) is 0 Å². The lowest BCUT2D eigenvalue weighted by Gasteiger charge is -2.07. The van der Waals surface area contributed by atoms with Crippen LogP contribution in [-0.4, -0.2) is 16.7 Å². The van der Waals surface area contributed by atoms with Crippen LogP contribution in [0.3, 0.4) is 0 Å². The molecule has 16 heavy (non-hydrogen) atoms. The molecule has 2 N–H and O–H groups in total. The minimum absolute atomic E-state index is 0.243. The van der Waals surface area contributed by atoms with Crippen molar-refractivity contribution in [3.8, 4) is 0 Å². The van der Waals surface area contributed by atoms with Crippen LogP contribution in [0.5, 0.6) is 0 Å². The van der Waals surface area contributed by atoms with Crippen molar-refractivity contribution in [1.29, 1.82) is 0 Å². The summed E-state index contributed by atoms with van der Waals surface area (Å²) in [4.78, 5) is 4.52. The first-order valence-electron chi connectivity index (χ1n) is 6.38. The first kappa shape index (κ1) is 11.6. The maximum absolute atomic E-state index is 5.73. The molecule has 0 aromatic carbocycles. The standard InChI is InChI=1S/C12H21N3O/c1-2-5-10(8-13)12-14-11(15-16-12)9-6-3-4-7-9/h9-10H,2-8,13H2,1H3. The molecule has 0 saturated heterocycles. The third kappa shape index (κ3) is 2.43. The molecule has 0 aliphatic heterocycles. The summed E-state index contributed by atoms with van der Waals surface area (Å²) in [6, 6.07) is 0. The summed E-state index contributed by atoms with van der Waals surface area (Å²) in [5, 5.41) is 4.11. The Balaban J connectivity index is 2.05. The molecule has 1 aromatic rings. The number of nitrogens with zero attached hydrogens (tertiary/aromatic N) is 2. The zero-order chi connectivity index (χ0) is 11.4. The van der Waals surface area contributed by atoms with E-state index in [0.717, 1.165) is 24.6 Å². The molecule has 1 saturated carbocycles. The van der Waals surface area contributed by atoms with Gasteiger partial charge in [-0.25, -0.2) is 0 Å². The van der Waals surface area contributed by atoms with Crippen LogP contribution in [0.15, 0.2) is 4.52 Å². The molecule has 0 radical (unpaired) electrons. The molecule has 4 heteroatoms. The van der Waals surface area contributed by atoms with E-state index in [1.165, 1.54) is 25.7 Å². The smallest absolute Gasteiger partial charge is 0.231 e. The molecule has 1 fully saturated rings. The van der Waals surface area contributed by atoms with Gasteiger partial charge in [-0.1, -0.05) is 31.3 Å². The van der Waals surface area contributed by atoms with Gasteiger partial charge in [-0.05, 0) is 19.3 Å². The van der Waals surface area contributed by atoms with Crippen LogP contribution in [0.1, 0.15) is 69.0 Å². The summed E-state index contributed by atoms with van der Waals surface area (Å²) in [5.74, 6) is 2.42. The van der Waals surface area contributed by atoms with Gasteiger partial charge in [-0.15, -0.1) is 0 Å². The van der Waals surface area contributed by atoms with Gasteiger partial charge in [0.1, 0.15) is 0 Å². The fraction of sp³-hybridized carbons (Fsp3) is 0.833. The molecule has 90 valence electrons. The summed E-state index contributed by atoms with van der Waals surface area (Å²) < 4.78 is 5.34. The van der Waals surface area contributed by atoms with E-state index < -0.39 is 0 Å². The maximum Gasteiger partial charge on any atom is 0.231 e. The second-order valence-corrected chi connectivity index (χ2v) is 4.69. The van der Waals surface area contributed by atoms with Crippen molar-refractivity contribution in [2.24, 2.45) is 5.73 Å². The van der Waals surface area contributed by atoms with Gasteiger partial charge in [0.15, 0.2) is 5.82 Å². The Bertz CT molecular complexity index is 318. The molecule has 1 aliphatic carbocycles. The van der Waals surface area contributed by atoms with Crippen LogP contribution < -0.4 is 5.73 Å². The molecule has 1 aliphatic rings. The lowest BCUT2D eigenvalue weighted by Crippen LogP contribution is -2.12.